The molecule has 2 heterocycles. The molecule has 1 aromatic heterocycles. The molecule has 128 valence electrons. The summed E-state index contributed by atoms with van der Waals surface area (Å²) >= 11 is 1.71. The molecule has 1 amide bonds. The SMILES string of the molecule is O=C(Cc1ccccc1Sc1c[nH]c2ccccc12)N1CCOCC1. The number of para-hydroxylation sites is 1. The van der Waals surface area contributed by atoms with Gasteiger partial charge in [0.05, 0.1) is 19.6 Å². The van der Waals surface area contributed by atoms with Crippen LogP contribution in [0.1, 0.15) is 5.56 Å². The normalized spacial score (nSPS) is 14.8. The summed E-state index contributed by atoms with van der Waals surface area (Å²) < 4.78 is 5.33. The van der Waals surface area contributed by atoms with Crippen molar-refractivity contribution < 1.29 is 9.53 Å². The third-order valence-corrected chi connectivity index (χ3v) is 5.63. The second-order valence-corrected chi connectivity index (χ2v) is 7.16. The number of aromatic amines is 1. The summed E-state index contributed by atoms with van der Waals surface area (Å²) in [5.74, 6) is 0.176. The van der Waals surface area contributed by atoms with E-state index in [0.717, 1.165) is 16.0 Å². The lowest BCUT2D eigenvalue weighted by molar-refractivity contribution is -0.134. The molecule has 4 nitrogen and oxygen atoms in total. The van der Waals surface area contributed by atoms with Crippen LogP contribution in [0.5, 0.6) is 0 Å². The molecule has 0 spiro atoms. The lowest BCUT2D eigenvalue weighted by atomic mass is 10.1. The highest BCUT2D eigenvalue weighted by molar-refractivity contribution is 7.99. The average Bonchev–Trinajstić information content (AvgIpc) is 3.07. The number of fused-ring (bicyclic) bond motifs is 1. The van der Waals surface area contributed by atoms with E-state index in [4.69, 9.17) is 4.74 Å². The van der Waals surface area contributed by atoms with Gasteiger partial charge in [-0.25, -0.2) is 0 Å². The van der Waals surface area contributed by atoms with Crippen molar-refractivity contribution in [2.24, 2.45) is 0 Å². The van der Waals surface area contributed by atoms with Crippen molar-refractivity contribution in [1.29, 1.82) is 0 Å². The first-order chi connectivity index (χ1) is 12.3. The smallest absolute Gasteiger partial charge is 0.227 e. The number of morpholine rings is 1. The topological polar surface area (TPSA) is 45.3 Å². The van der Waals surface area contributed by atoms with Crippen LogP contribution in [0.15, 0.2) is 64.5 Å². The van der Waals surface area contributed by atoms with E-state index in [1.807, 2.05) is 35.4 Å². The van der Waals surface area contributed by atoms with Gasteiger partial charge in [-0.3, -0.25) is 4.79 Å². The average molecular weight is 352 g/mol. The van der Waals surface area contributed by atoms with E-state index in [1.54, 1.807) is 11.8 Å². The number of H-pyrrole nitrogens is 1. The van der Waals surface area contributed by atoms with Crippen LogP contribution in [0.2, 0.25) is 0 Å². The van der Waals surface area contributed by atoms with Crippen molar-refractivity contribution >= 4 is 28.6 Å². The minimum atomic E-state index is 0.176. The van der Waals surface area contributed by atoms with Crippen LogP contribution in [-0.4, -0.2) is 42.1 Å². The number of benzene rings is 2. The molecule has 1 saturated heterocycles. The Hall–Kier alpha value is -2.24. The molecular weight excluding hydrogens is 332 g/mol. The van der Waals surface area contributed by atoms with Crippen LogP contribution in [0.4, 0.5) is 0 Å². The second-order valence-electron chi connectivity index (χ2n) is 6.08. The Morgan fingerprint density at radius 2 is 1.80 bits per heavy atom. The van der Waals surface area contributed by atoms with Gasteiger partial charge in [0.2, 0.25) is 5.91 Å². The monoisotopic (exact) mass is 352 g/mol. The first-order valence-corrected chi connectivity index (χ1v) is 9.30. The van der Waals surface area contributed by atoms with Gasteiger partial charge in [-0.1, -0.05) is 48.2 Å². The Bertz CT molecular complexity index is 884. The number of rotatable bonds is 4. The van der Waals surface area contributed by atoms with Crippen molar-refractivity contribution in [3.05, 3.63) is 60.3 Å². The zero-order valence-corrected chi connectivity index (χ0v) is 14.7. The van der Waals surface area contributed by atoms with Gasteiger partial charge >= 0.3 is 0 Å². The highest BCUT2D eigenvalue weighted by Gasteiger charge is 2.18. The van der Waals surface area contributed by atoms with Crippen LogP contribution in [0, 0.1) is 0 Å². The minimum Gasteiger partial charge on any atom is -0.378 e. The molecule has 5 heteroatoms. The number of amides is 1. The summed E-state index contributed by atoms with van der Waals surface area (Å²) in [6.07, 6.45) is 2.47. The van der Waals surface area contributed by atoms with E-state index in [1.165, 1.54) is 10.3 Å². The van der Waals surface area contributed by atoms with Gasteiger partial charge < -0.3 is 14.6 Å². The summed E-state index contributed by atoms with van der Waals surface area (Å²) in [6, 6.07) is 16.4. The summed E-state index contributed by atoms with van der Waals surface area (Å²) in [5, 5.41) is 1.21. The Labute approximate surface area is 151 Å². The van der Waals surface area contributed by atoms with Crippen LogP contribution in [0.25, 0.3) is 10.9 Å². The zero-order valence-electron chi connectivity index (χ0n) is 13.9. The van der Waals surface area contributed by atoms with E-state index in [-0.39, 0.29) is 5.91 Å². The molecule has 0 atom stereocenters. The number of hydrogen-bond donors (Lipinski definition) is 1. The maximum absolute atomic E-state index is 12.6. The van der Waals surface area contributed by atoms with Crippen molar-refractivity contribution in [2.75, 3.05) is 26.3 Å². The first kappa shape index (κ1) is 16.2. The van der Waals surface area contributed by atoms with Gasteiger partial charge in [-0.2, -0.15) is 0 Å². The van der Waals surface area contributed by atoms with Crippen molar-refractivity contribution in [2.45, 2.75) is 16.2 Å². The number of aromatic nitrogens is 1. The van der Waals surface area contributed by atoms with Gasteiger partial charge in [-0.05, 0) is 17.7 Å². The Balaban J connectivity index is 1.55. The third-order valence-electron chi connectivity index (χ3n) is 4.45. The van der Waals surface area contributed by atoms with E-state index in [2.05, 4.69) is 29.2 Å². The molecular formula is C20H20N2O2S. The number of nitrogens with one attached hydrogen (secondary N) is 1. The van der Waals surface area contributed by atoms with E-state index < -0.39 is 0 Å². The predicted molar refractivity (Wildman–Crippen MR) is 100.0 cm³/mol. The van der Waals surface area contributed by atoms with Crippen LogP contribution >= 0.6 is 11.8 Å². The van der Waals surface area contributed by atoms with Gasteiger partial charge in [0, 0.05) is 40.0 Å². The molecule has 25 heavy (non-hydrogen) atoms. The third kappa shape index (κ3) is 3.57. The van der Waals surface area contributed by atoms with Gasteiger partial charge in [0.1, 0.15) is 0 Å². The van der Waals surface area contributed by atoms with E-state index in [9.17, 15) is 4.79 Å². The van der Waals surface area contributed by atoms with Crippen molar-refractivity contribution in [3.8, 4) is 0 Å². The fourth-order valence-electron chi connectivity index (χ4n) is 3.08. The maximum atomic E-state index is 12.6. The minimum absolute atomic E-state index is 0.176. The molecule has 0 saturated carbocycles. The number of ether oxygens (including phenoxy) is 1. The summed E-state index contributed by atoms with van der Waals surface area (Å²) in [7, 11) is 0. The molecule has 0 radical (unpaired) electrons. The van der Waals surface area contributed by atoms with Gasteiger partial charge in [0.25, 0.3) is 0 Å². The van der Waals surface area contributed by atoms with Crippen molar-refractivity contribution in [1.82, 2.24) is 9.88 Å². The molecule has 4 rings (SSSR count). The predicted octanol–water partition coefficient (Wildman–Crippen LogP) is 3.72. The number of carbonyl (C=O) groups is 1. The quantitative estimate of drug-likeness (QED) is 0.778. The molecule has 1 N–H and O–H groups in total. The fraction of sp³-hybridized carbons (Fsp3) is 0.250. The van der Waals surface area contributed by atoms with Crippen molar-refractivity contribution in [3.63, 3.8) is 0 Å². The molecule has 0 bridgehead atoms. The van der Waals surface area contributed by atoms with Gasteiger partial charge in [-0.15, -0.1) is 0 Å². The number of hydrogen-bond acceptors (Lipinski definition) is 3. The summed E-state index contributed by atoms with van der Waals surface area (Å²) in [5.41, 5.74) is 2.21. The van der Waals surface area contributed by atoms with Gasteiger partial charge in [0.15, 0.2) is 0 Å². The first-order valence-electron chi connectivity index (χ1n) is 8.48. The molecule has 1 fully saturated rings. The summed E-state index contributed by atoms with van der Waals surface area (Å²) in [4.78, 5) is 20.1. The summed E-state index contributed by atoms with van der Waals surface area (Å²) in [6.45, 7) is 2.65. The zero-order chi connectivity index (χ0) is 17.1. The Morgan fingerprint density at radius 1 is 1.04 bits per heavy atom. The lowest BCUT2D eigenvalue weighted by Crippen LogP contribution is -2.41. The standard InChI is InChI=1S/C20H20N2O2S/c23-20(22-9-11-24-12-10-22)13-15-5-1-4-8-18(15)25-19-14-21-17-7-3-2-6-16(17)19/h1-8,14,21H,9-13H2. The Kier molecular flexibility index (Phi) is 4.76. The van der Waals surface area contributed by atoms with E-state index in [0.29, 0.717) is 32.7 Å². The molecule has 0 aliphatic carbocycles. The number of nitrogens with zero attached hydrogens (tertiary/aromatic N) is 1. The molecule has 1 aliphatic rings. The van der Waals surface area contributed by atoms with E-state index >= 15 is 0 Å². The van der Waals surface area contributed by atoms with Crippen LogP contribution < -0.4 is 0 Å². The largest absolute Gasteiger partial charge is 0.378 e. The van der Waals surface area contributed by atoms with Crippen LogP contribution in [0.3, 0.4) is 0 Å². The number of carbonyl (C=O) groups excluding carboxylic acids is 1. The molecule has 3 aromatic rings. The lowest BCUT2D eigenvalue weighted by Gasteiger charge is -2.27. The molecule has 2 aromatic carbocycles. The highest BCUT2D eigenvalue weighted by Crippen LogP contribution is 2.35. The highest BCUT2D eigenvalue weighted by atomic mass is 32.2. The van der Waals surface area contributed by atoms with Crippen LogP contribution in [-0.2, 0) is 16.0 Å². The molecule has 1 aliphatic heterocycles. The Morgan fingerprint density at radius 3 is 2.68 bits per heavy atom. The maximum Gasteiger partial charge on any atom is 0.227 e. The second kappa shape index (κ2) is 7.33. The fourth-order valence-corrected chi connectivity index (χ4v) is 4.15. The molecule has 0 unspecified atom stereocenters.